The third kappa shape index (κ3) is 1.55. The van der Waals surface area contributed by atoms with Gasteiger partial charge in [-0.25, -0.2) is 4.79 Å². The van der Waals surface area contributed by atoms with Crippen LogP contribution in [0, 0.1) is 6.92 Å². The van der Waals surface area contributed by atoms with Crippen LogP contribution < -0.4 is 0 Å². The maximum absolute atomic E-state index is 11.0. The molecule has 2 aromatic rings. The molecule has 1 N–H and O–H groups in total. The zero-order valence-electron chi connectivity index (χ0n) is 8.41. The summed E-state index contributed by atoms with van der Waals surface area (Å²) in [5.74, 6) is -0.904. The van der Waals surface area contributed by atoms with Gasteiger partial charge in [-0.05, 0) is 46.6 Å². The first-order chi connectivity index (χ1) is 7.00. The lowest BCUT2D eigenvalue weighted by Crippen LogP contribution is -2.03. The van der Waals surface area contributed by atoms with Crippen LogP contribution in [-0.4, -0.2) is 15.6 Å². The Balaban J connectivity index is 2.88. The summed E-state index contributed by atoms with van der Waals surface area (Å²) in [7, 11) is 1.76. The number of carbonyl (C=O) groups is 1. The Labute approximate surface area is 95.5 Å². The van der Waals surface area contributed by atoms with Crippen LogP contribution in [0.15, 0.2) is 22.7 Å². The van der Waals surface area contributed by atoms with E-state index >= 15 is 0 Å². The Kier molecular flexibility index (Phi) is 2.31. The number of fused-ring (bicyclic) bond motifs is 1. The highest BCUT2D eigenvalue weighted by molar-refractivity contribution is 9.10. The van der Waals surface area contributed by atoms with Gasteiger partial charge in [-0.3, -0.25) is 0 Å². The average molecular weight is 268 g/mol. The number of hydrogen-bond acceptors (Lipinski definition) is 1. The highest BCUT2D eigenvalue weighted by atomic mass is 79.9. The largest absolute Gasteiger partial charge is 0.477 e. The third-order valence-electron chi connectivity index (χ3n) is 2.45. The van der Waals surface area contributed by atoms with E-state index in [4.69, 9.17) is 5.11 Å². The zero-order chi connectivity index (χ0) is 11.2. The number of aryl methyl sites for hydroxylation is 2. The number of hydrogen-bond donors (Lipinski definition) is 1. The molecule has 2 rings (SSSR count). The minimum absolute atomic E-state index is 0.302. The second kappa shape index (κ2) is 3.38. The molecule has 0 radical (unpaired) electrons. The number of benzene rings is 1. The van der Waals surface area contributed by atoms with Gasteiger partial charge in [-0.1, -0.05) is 0 Å². The van der Waals surface area contributed by atoms with E-state index in [9.17, 15) is 4.79 Å². The third-order valence-corrected chi connectivity index (χ3v) is 3.05. The quantitative estimate of drug-likeness (QED) is 0.863. The second-order valence-corrected chi connectivity index (χ2v) is 4.43. The SMILES string of the molecule is Cc1cc(Br)c2c(c1)cc(C(=O)O)n2C. The molecule has 0 fully saturated rings. The van der Waals surface area contributed by atoms with Gasteiger partial charge in [-0.2, -0.15) is 0 Å². The number of aromatic carboxylic acids is 1. The molecule has 0 saturated carbocycles. The number of halogens is 1. The maximum Gasteiger partial charge on any atom is 0.352 e. The standard InChI is InChI=1S/C11H10BrNO2/c1-6-3-7-5-9(11(14)15)13(2)10(7)8(12)4-6/h3-5H,1-2H3,(H,14,15). The van der Waals surface area contributed by atoms with E-state index in [1.165, 1.54) is 0 Å². The van der Waals surface area contributed by atoms with E-state index in [0.717, 1.165) is 20.9 Å². The van der Waals surface area contributed by atoms with Crippen LogP contribution in [0.25, 0.3) is 10.9 Å². The van der Waals surface area contributed by atoms with Crippen molar-refractivity contribution < 1.29 is 9.90 Å². The fourth-order valence-electron chi connectivity index (χ4n) is 1.80. The van der Waals surface area contributed by atoms with Gasteiger partial charge in [0.15, 0.2) is 0 Å². The number of carboxylic acid groups (broad SMARTS) is 1. The molecule has 0 aliphatic rings. The molecule has 78 valence electrons. The van der Waals surface area contributed by atoms with Gasteiger partial charge in [0.25, 0.3) is 0 Å². The normalized spacial score (nSPS) is 10.9. The molecule has 0 aliphatic heterocycles. The van der Waals surface area contributed by atoms with Crippen LogP contribution >= 0.6 is 15.9 Å². The second-order valence-electron chi connectivity index (χ2n) is 3.58. The van der Waals surface area contributed by atoms with Crippen molar-refractivity contribution in [2.24, 2.45) is 7.05 Å². The van der Waals surface area contributed by atoms with Gasteiger partial charge >= 0.3 is 5.97 Å². The summed E-state index contributed by atoms with van der Waals surface area (Å²) in [5.41, 5.74) is 2.33. The lowest BCUT2D eigenvalue weighted by Gasteiger charge is -2.02. The van der Waals surface area contributed by atoms with Crippen molar-refractivity contribution in [2.45, 2.75) is 6.92 Å². The Morgan fingerprint density at radius 1 is 1.40 bits per heavy atom. The van der Waals surface area contributed by atoms with Crippen molar-refractivity contribution in [3.63, 3.8) is 0 Å². The summed E-state index contributed by atoms with van der Waals surface area (Å²) in [4.78, 5) is 11.0. The fourth-order valence-corrected chi connectivity index (χ4v) is 2.65. The minimum Gasteiger partial charge on any atom is -0.477 e. The summed E-state index contributed by atoms with van der Waals surface area (Å²) in [6.45, 7) is 1.98. The van der Waals surface area contributed by atoms with Crippen molar-refractivity contribution in [2.75, 3.05) is 0 Å². The molecule has 3 nitrogen and oxygen atoms in total. The first kappa shape index (κ1) is 10.2. The van der Waals surface area contributed by atoms with Gasteiger partial charge < -0.3 is 9.67 Å². The highest BCUT2D eigenvalue weighted by Gasteiger charge is 2.13. The van der Waals surface area contributed by atoms with Gasteiger partial charge in [0.1, 0.15) is 5.69 Å². The van der Waals surface area contributed by atoms with E-state index in [1.54, 1.807) is 17.7 Å². The fraction of sp³-hybridized carbons (Fsp3) is 0.182. The van der Waals surface area contributed by atoms with Crippen molar-refractivity contribution in [3.8, 4) is 0 Å². The molecular formula is C11H10BrNO2. The molecule has 0 amide bonds. The summed E-state index contributed by atoms with van der Waals surface area (Å²) in [6.07, 6.45) is 0. The van der Waals surface area contributed by atoms with Crippen molar-refractivity contribution in [1.82, 2.24) is 4.57 Å². The zero-order valence-corrected chi connectivity index (χ0v) is 10.00. The van der Waals surface area contributed by atoms with E-state index in [-0.39, 0.29) is 0 Å². The molecule has 0 spiro atoms. The lowest BCUT2D eigenvalue weighted by atomic mass is 10.2. The van der Waals surface area contributed by atoms with E-state index in [2.05, 4.69) is 15.9 Å². The minimum atomic E-state index is -0.904. The molecule has 0 unspecified atom stereocenters. The van der Waals surface area contributed by atoms with Crippen LogP contribution in [0.3, 0.4) is 0 Å². The Hall–Kier alpha value is -1.29. The lowest BCUT2D eigenvalue weighted by molar-refractivity contribution is 0.0687. The number of aromatic nitrogens is 1. The topological polar surface area (TPSA) is 42.2 Å². The number of carboxylic acids is 1. The Morgan fingerprint density at radius 3 is 2.67 bits per heavy atom. The summed E-state index contributed by atoms with van der Waals surface area (Å²) >= 11 is 3.45. The highest BCUT2D eigenvalue weighted by Crippen LogP contribution is 2.28. The molecule has 0 bridgehead atoms. The molecule has 1 aromatic heterocycles. The molecule has 1 heterocycles. The van der Waals surface area contributed by atoms with Crippen LogP contribution in [0.5, 0.6) is 0 Å². The van der Waals surface area contributed by atoms with Gasteiger partial charge in [0.2, 0.25) is 0 Å². The van der Waals surface area contributed by atoms with E-state index in [0.29, 0.717) is 5.69 Å². The molecule has 0 saturated heterocycles. The van der Waals surface area contributed by atoms with Crippen molar-refractivity contribution in [1.29, 1.82) is 0 Å². The van der Waals surface area contributed by atoms with Crippen LogP contribution in [0.1, 0.15) is 16.1 Å². The molecular weight excluding hydrogens is 258 g/mol. The monoisotopic (exact) mass is 267 g/mol. The summed E-state index contributed by atoms with van der Waals surface area (Å²) < 4.78 is 2.61. The summed E-state index contributed by atoms with van der Waals surface area (Å²) in [6, 6.07) is 5.65. The van der Waals surface area contributed by atoms with E-state index < -0.39 is 5.97 Å². The number of nitrogens with zero attached hydrogens (tertiary/aromatic N) is 1. The Morgan fingerprint density at radius 2 is 2.07 bits per heavy atom. The maximum atomic E-state index is 11.0. The van der Waals surface area contributed by atoms with E-state index in [1.807, 2.05) is 19.1 Å². The van der Waals surface area contributed by atoms with Gasteiger partial charge in [0, 0.05) is 16.9 Å². The van der Waals surface area contributed by atoms with Crippen molar-refractivity contribution >= 4 is 32.8 Å². The van der Waals surface area contributed by atoms with Crippen LogP contribution in [0.2, 0.25) is 0 Å². The molecule has 15 heavy (non-hydrogen) atoms. The predicted molar refractivity (Wildman–Crippen MR) is 62.3 cm³/mol. The Bertz CT molecular complexity index is 557. The van der Waals surface area contributed by atoms with Crippen LogP contribution in [-0.2, 0) is 7.05 Å². The average Bonchev–Trinajstić information content (AvgIpc) is 2.42. The summed E-state index contributed by atoms with van der Waals surface area (Å²) in [5, 5.41) is 9.94. The van der Waals surface area contributed by atoms with Crippen molar-refractivity contribution in [3.05, 3.63) is 33.9 Å². The molecule has 4 heteroatoms. The van der Waals surface area contributed by atoms with Crippen LogP contribution in [0.4, 0.5) is 0 Å². The number of rotatable bonds is 1. The molecule has 1 aromatic carbocycles. The van der Waals surface area contributed by atoms with Gasteiger partial charge in [-0.15, -0.1) is 0 Å². The smallest absolute Gasteiger partial charge is 0.352 e. The molecule has 0 atom stereocenters. The first-order valence-corrected chi connectivity index (χ1v) is 5.29. The molecule has 0 aliphatic carbocycles. The predicted octanol–water partition coefficient (Wildman–Crippen LogP) is 2.95. The van der Waals surface area contributed by atoms with Gasteiger partial charge in [0.05, 0.1) is 5.52 Å². The first-order valence-electron chi connectivity index (χ1n) is 4.49.